The van der Waals surface area contributed by atoms with Crippen LogP contribution in [-0.2, 0) is 0 Å². The van der Waals surface area contributed by atoms with E-state index in [9.17, 15) is 26.3 Å². The molecular formula is C24H21ClF6N6. The summed E-state index contributed by atoms with van der Waals surface area (Å²) in [6.07, 6.45) is -7.46. The van der Waals surface area contributed by atoms with Crippen LogP contribution in [0.25, 0.3) is 0 Å². The smallest absolute Gasteiger partial charge is 0.277 e. The Bertz CT molecular complexity index is 1210. The van der Waals surface area contributed by atoms with E-state index in [1.54, 1.807) is 31.2 Å². The second-order valence-electron chi connectivity index (χ2n) is 7.22. The zero-order chi connectivity index (χ0) is 28.2. The highest BCUT2D eigenvalue weighted by Gasteiger charge is 2.41. The van der Waals surface area contributed by atoms with E-state index >= 15 is 0 Å². The molecule has 2 aromatic carbocycles. The molecule has 0 radical (unpaired) electrons. The molecule has 0 saturated heterocycles. The van der Waals surface area contributed by atoms with Crippen molar-refractivity contribution in [2.24, 2.45) is 10.2 Å². The number of hydrogen-bond donors (Lipinski definition) is 1. The van der Waals surface area contributed by atoms with Gasteiger partial charge < -0.3 is 0 Å². The molecule has 6 nitrogen and oxygen atoms in total. The maximum absolute atomic E-state index is 12.6. The predicted octanol–water partition coefficient (Wildman–Crippen LogP) is 7.35. The minimum absolute atomic E-state index is 0.139. The van der Waals surface area contributed by atoms with Crippen molar-refractivity contribution in [3.05, 3.63) is 72.3 Å². The summed E-state index contributed by atoms with van der Waals surface area (Å²) in [4.78, 5) is 0. The molecule has 1 atom stereocenters. The van der Waals surface area contributed by atoms with Crippen LogP contribution >= 0.6 is 11.6 Å². The monoisotopic (exact) mass is 542 g/mol. The summed E-state index contributed by atoms with van der Waals surface area (Å²) in [5.41, 5.74) is 2.79. The first-order valence-electron chi connectivity index (χ1n) is 10.3. The molecule has 0 bridgehead atoms. The maximum atomic E-state index is 12.6. The Kier molecular flexibility index (Phi) is 11.6. The largest absolute Gasteiger partial charge is 0.446 e. The Morgan fingerprint density at radius 2 is 1.65 bits per heavy atom. The molecule has 0 amide bonds. The third-order valence-electron chi connectivity index (χ3n) is 4.21. The second-order valence-corrected chi connectivity index (χ2v) is 7.58. The van der Waals surface area contributed by atoms with Gasteiger partial charge in [-0.1, -0.05) is 29.8 Å². The van der Waals surface area contributed by atoms with Crippen molar-refractivity contribution in [2.45, 2.75) is 38.7 Å². The van der Waals surface area contributed by atoms with Gasteiger partial charge in [-0.15, -0.1) is 6.58 Å². The van der Waals surface area contributed by atoms with Crippen LogP contribution in [0.3, 0.4) is 0 Å². The molecule has 196 valence electrons. The van der Waals surface area contributed by atoms with E-state index in [1.807, 2.05) is 19.1 Å². The van der Waals surface area contributed by atoms with Crippen molar-refractivity contribution in [3.8, 4) is 12.1 Å². The van der Waals surface area contributed by atoms with E-state index in [-0.39, 0.29) is 18.2 Å². The number of alkyl halides is 6. The van der Waals surface area contributed by atoms with Crippen molar-refractivity contribution in [3.63, 3.8) is 0 Å². The van der Waals surface area contributed by atoms with Gasteiger partial charge in [0.05, 0.1) is 40.7 Å². The highest BCUT2D eigenvalue weighted by Crippen LogP contribution is 2.31. The summed E-state index contributed by atoms with van der Waals surface area (Å²) in [7, 11) is 0. The highest BCUT2D eigenvalue weighted by molar-refractivity contribution is 6.66. The lowest BCUT2D eigenvalue weighted by molar-refractivity contribution is -0.0601. The molecule has 0 saturated carbocycles. The Hall–Kier alpha value is -4.03. The molecule has 37 heavy (non-hydrogen) atoms. The van der Waals surface area contributed by atoms with E-state index in [0.29, 0.717) is 16.8 Å². The molecule has 1 heterocycles. The topological polar surface area (TPSA) is 87.6 Å². The normalized spacial score (nSPS) is 15.1. The summed E-state index contributed by atoms with van der Waals surface area (Å²) in [6.45, 7) is 6.92. The van der Waals surface area contributed by atoms with Crippen molar-refractivity contribution in [1.29, 1.82) is 10.5 Å². The molecule has 1 N–H and O–H groups in total. The number of benzene rings is 2. The van der Waals surface area contributed by atoms with Gasteiger partial charge in [0.1, 0.15) is 5.71 Å². The van der Waals surface area contributed by atoms with E-state index in [0.717, 1.165) is 0 Å². The summed E-state index contributed by atoms with van der Waals surface area (Å²) in [6, 6.07) is 15.7. The summed E-state index contributed by atoms with van der Waals surface area (Å²) in [5, 5.41) is 23.7. The molecule has 1 aliphatic heterocycles. The number of halogens is 7. The maximum Gasteiger partial charge on any atom is 0.446 e. The molecular weight excluding hydrogens is 522 g/mol. The molecule has 0 spiro atoms. The van der Waals surface area contributed by atoms with Gasteiger partial charge in [0, 0.05) is 6.42 Å². The first kappa shape index (κ1) is 31.0. The van der Waals surface area contributed by atoms with Crippen LogP contribution in [0.1, 0.15) is 31.4 Å². The lowest BCUT2D eigenvalue weighted by Gasteiger charge is -2.19. The van der Waals surface area contributed by atoms with Crippen LogP contribution in [0.5, 0.6) is 0 Å². The van der Waals surface area contributed by atoms with Crippen molar-refractivity contribution in [1.82, 2.24) is 0 Å². The quantitative estimate of drug-likeness (QED) is 0.190. The van der Waals surface area contributed by atoms with Gasteiger partial charge in [0.25, 0.3) is 0 Å². The van der Waals surface area contributed by atoms with Crippen LogP contribution in [-0.4, -0.2) is 29.3 Å². The molecule has 0 aliphatic carbocycles. The molecule has 1 unspecified atom stereocenters. The average molecular weight is 543 g/mol. The average Bonchev–Trinajstić information content (AvgIpc) is 3.25. The minimum atomic E-state index is -4.68. The van der Waals surface area contributed by atoms with E-state index in [4.69, 9.17) is 22.1 Å². The minimum Gasteiger partial charge on any atom is -0.277 e. The third kappa shape index (κ3) is 10.2. The number of nitrogens with one attached hydrogen (secondary N) is 1. The third-order valence-corrected chi connectivity index (χ3v) is 4.51. The summed E-state index contributed by atoms with van der Waals surface area (Å²) < 4.78 is 73.5. The van der Waals surface area contributed by atoms with Gasteiger partial charge in [-0.05, 0) is 50.2 Å². The fourth-order valence-electron chi connectivity index (χ4n) is 2.67. The van der Waals surface area contributed by atoms with Crippen molar-refractivity contribution >= 4 is 33.9 Å². The number of anilines is 2. The summed E-state index contributed by atoms with van der Waals surface area (Å²) in [5.74, 6) is 0. The number of hydrazone groups is 2. The Morgan fingerprint density at radius 3 is 2.14 bits per heavy atom. The number of hydrogen-bond acceptors (Lipinski definition) is 6. The van der Waals surface area contributed by atoms with Gasteiger partial charge in [0.15, 0.2) is 0 Å². The first-order valence-corrected chi connectivity index (χ1v) is 10.7. The van der Waals surface area contributed by atoms with Crippen molar-refractivity contribution in [2.75, 3.05) is 10.4 Å². The van der Waals surface area contributed by atoms with Gasteiger partial charge in [-0.3, -0.25) is 10.4 Å². The van der Waals surface area contributed by atoms with Crippen LogP contribution < -0.4 is 10.4 Å². The molecule has 0 aromatic heterocycles. The highest BCUT2D eigenvalue weighted by atomic mass is 35.5. The van der Waals surface area contributed by atoms with Gasteiger partial charge >= 0.3 is 12.4 Å². The Labute approximate surface area is 214 Å². The fourth-order valence-corrected chi connectivity index (χ4v) is 2.72. The van der Waals surface area contributed by atoms with E-state index in [1.165, 1.54) is 35.3 Å². The van der Waals surface area contributed by atoms with Gasteiger partial charge in [-0.25, -0.2) is 0 Å². The fraction of sp³-hybridized carbons (Fsp3) is 0.250. The van der Waals surface area contributed by atoms with E-state index in [2.05, 4.69) is 22.2 Å². The van der Waals surface area contributed by atoms with Crippen molar-refractivity contribution < 1.29 is 26.3 Å². The predicted molar refractivity (Wildman–Crippen MR) is 131 cm³/mol. The van der Waals surface area contributed by atoms with Crippen LogP contribution in [0, 0.1) is 22.7 Å². The van der Waals surface area contributed by atoms with Crippen LogP contribution in [0.15, 0.2) is 71.4 Å². The zero-order valence-corrected chi connectivity index (χ0v) is 20.3. The standard InChI is InChI=1S/C12H10F3N3.C9H5ClF3N3.C3H6/c1-8-5-11(12(13,14)15)17-18(8)10-4-2-3-9(6-10)7-16;10-8(9(11,12)13)16-15-7-3-1-2-6(4-7)5-14;1-3-2/h2-4,6,8H,5H2,1H3;1-4,15H;3H,1H2,2H3/b;16-8-;. The van der Waals surface area contributed by atoms with E-state index < -0.39 is 23.2 Å². The Morgan fingerprint density at radius 1 is 1.11 bits per heavy atom. The Balaban J connectivity index is 0.000000337. The van der Waals surface area contributed by atoms with Gasteiger partial charge in [0.2, 0.25) is 5.17 Å². The summed E-state index contributed by atoms with van der Waals surface area (Å²) >= 11 is 4.88. The molecule has 13 heteroatoms. The lowest BCUT2D eigenvalue weighted by atomic mass is 10.1. The molecule has 0 fully saturated rings. The van der Waals surface area contributed by atoms with Crippen LogP contribution in [0.4, 0.5) is 37.7 Å². The zero-order valence-electron chi connectivity index (χ0n) is 19.6. The molecule has 1 aliphatic rings. The molecule has 3 rings (SSSR count). The number of allylic oxidation sites excluding steroid dienone is 1. The number of rotatable bonds is 3. The second kappa shape index (κ2) is 13.9. The number of nitriles is 2. The van der Waals surface area contributed by atoms with Crippen LogP contribution in [0.2, 0.25) is 0 Å². The SMILES string of the molecule is C=CC.CC1CC(C(F)(F)F)=NN1c1cccc(C#N)c1.N#Cc1cccc(N/N=C(\Cl)C(F)(F)F)c1. The first-order chi connectivity index (χ1) is 17.3. The van der Waals surface area contributed by atoms with Gasteiger partial charge in [-0.2, -0.15) is 47.1 Å². The number of nitrogens with zero attached hydrogens (tertiary/aromatic N) is 5. The molecule has 2 aromatic rings. The lowest BCUT2D eigenvalue weighted by Crippen LogP contribution is -2.24.